The van der Waals surface area contributed by atoms with Crippen LogP contribution in [0.5, 0.6) is 0 Å². The molecule has 6 N–H and O–H groups in total. The van der Waals surface area contributed by atoms with E-state index in [0.717, 1.165) is 0 Å². The van der Waals surface area contributed by atoms with Gasteiger partial charge in [-0.05, 0) is 0 Å². The van der Waals surface area contributed by atoms with Crippen LogP contribution >= 0.6 is 0 Å². The fraction of sp³-hybridized carbons (Fsp3) is 0.400. The number of aromatic nitrogens is 3. The SMILES string of the molecule is NCNc1ncnc(NCN)n1. The number of anilines is 2. The van der Waals surface area contributed by atoms with Gasteiger partial charge in [0.15, 0.2) is 0 Å². The minimum Gasteiger partial charge on any atom is -0.342 e. The summed E-state index contributed by atoms with van der Waals surface area (Å²) in [5.41, 5.74) is 10.5. The summed E-state index contributed by atoms with van der Waals surface area (Å²) >= 11 is 0. The third kappa shape index (κ3) is 2.29. The molecule has 0 spiro atoms. The molecule has 1 heterocycles. The van der Waals surface area contributed by atoms with Crippen LogP contribution in [0.3, 0.4) is 0 Å². The molecule has 0 aliphatic heterocycles. The van der Waals surface area contributed by atoms with Gasteiger partial charge in [-0.15, -0.1) is 0 Å². The van der Waals surface area contributed by atoms with Gasteiger partial charge in [0.05, 0.1) is 13.3 Å². The zero-order valence-corrected chi connectivity index (χ0v) is 6.49. The molecule has 0 amide bonds. The maximum atomic E-state index is 5.23. The van der Waals surface area contributed by atoms with Crippen LogP contribution in [0, 0.1) is 0 Å². The van der Waals surface area contributed by atoms with E-state index in [0.29, 0.717) is 11.9 Å². The Kier molecular flexibility index (Phi) is 3.17. The minimum absolute atomic E-state index is 0.284. The van der Waals surface area contributed by atoms with Crippen molar-refractivity contribution in [2.45, 2.75) is 0 Å². The predicted molar refractivity (Wildman–Crippen MR) is 45.2 cm³/mol. The van der Waals surface area contributed by atoms with Gasteiger partial charge in [0.2, 0.25) is 11.9 Å². The largest absolute Gasteiger partial charge is 0.342 e. The Morgan fingerprint density at radius 1 is 1.08 bits per heavy atom. The molecule has 0 atom stereocenters. The lowest BCUT2D eigenvalue weighted by molar-refractivity contribution is 0.981. The van der Waals surface area contributed by atoms with E-state index in [2.05, 4.69) is 25.6 Å². The van der Waals surface area contributed by atoms with Crippen LogP contribution in [0.15, 0.2) is 6.33 Å². The van der Waals surface area contributed by atoms with Gasteiger partial charge in [-0.2, -0.15) is 4.98 Å². The zero-order valence-electron chi connectivity index (χ0n) is 6.49. The molecule has 0 unspecified atom stereocenters. The van der Waals surface area contributed by atoms with E-state index in [-0.39, 0.29) is 13.3 Å². The van der Waals surface area contributed by atoms with Gasteiger partial charge in [0, 0.05) is 0 Å². The molecule has 0 fully saturated rings. The standard InChI is InChI=1S/C5H11N7/c6-1-8-4-10-3-11-5(12-4)9-2-7/h3H,1-2,6-7H2,(H2,8,9,10,11,12). The third-order valence-electron chi connectivity index (χ3n) is 1.09. The highest BCUT2D eigenvalue weighted by molar-refractivity contribution is 5.31. The number of nitrogens with two attached hydrogens (primary N) is 2. The lowest BCUT2D eigenvalue weighted by Gasteiger charge is -2.02. The van der Waals surface area contributed by atoms with E-state index >= 15 is 0 Å². The molecular formula is C5H11N7. The number of nitrogens with one attached hydrogen (secondary N) is 2. The van der Waals surface area contributed by atoms with Crippen LogP contribution in [0.4, 0.5) is 11.9 Å². The fourth-order valence-corrected chi connectivity index (χ4v) is 0.649. The second kappa shape index (κ2) is 4.42. The molecule has 7 heteroatoms. The van der Waals surface area contributed by atoms with Crippen LogP contribution in [0.1, 0.15) is 0 Å². The van der Waals surface area contributed by atoms with Gasteiger partial charge in [-0.3, -0.25) is 0 Å². The summed E-state index contributed by atoms with van der Waals surface area (Å²) in [5.74, 6) is 0.868. The van der Waals surface area contributed by atoms with Crippen molar-refractivity contribution in [3.05, 3.63) is 6.33 Å². The number of hydrogen-bond acceptors (Lipinski definition) is 7. The molecule has 1 rings (SSSR count). The Hall–Kier alpha value is -1.47. The van der Waals surface area contributed by atoms with Crippen molar-refractivity contribution in [3.8, 4) is 0 Å². The van der Waals surface area contributed by atoms with Gasteiger partial charge in [-0.25, -0.2) is 9.97 Å². The first-order valence-corrected chi connectivity index (χ1v) is 3.43. The Labute approximate surface area is 69.6 Å². The van der Waals surface area contributed by atoms with Crippen molar-refractivity contribution in [2.24, 2.45) is 11.5 Å². The van der Waals surface area contributed by atoms with Crippen LogP contribution in [0.2, 0.25) is 0 Å². The lowest BCUT2D eigenvalue weighted by atomic mass is 10.8. The second-order valence-electron chi connectivity index (χ2n) is 1.89. The summed E-state index contributed by atoms with van der Waals surface area (Å²) in [7, 11) is 0. The highest BCUT2D eigenvalue weighted by Gasteiger charge is 1.96. The maximum absolute atomic E-state index is 5.23. The molecular weight excluding hydrogens is 158 g/mol. The zero-order chi connectivity index (χ0) is 8.81. The van der Waals surface area contributed by atoms with Crippen molar-refractivity contribution in [3.63, 3.8) is 0 Å². The fourth-order valence-electron chi connectivity index (χ4n) is 0.649. The molecule has 1 aromatic heterocycles. The summed E-state index contributed by atoms with van der Waals surface area (Å²) in [6, 6.07) is 0. The maximum Gasteiger partial charge on any atom is 0.228 e. The van der Waals surface area contributed by atoms with E-state index in [1.807, 2.05) is 0 Å². The molecule has 0 bridgehead atoms. The summed E-state index contributed by atoms with van der Waals surface area (Å²) in [4.78, 5) is 11.6. The summed E-state index contributed by atoms with van der Waals surface area (Å²) < 4.78 is 0. The highest BCUT2D eigenvalue weighted by Crippen LogP contribution is 1.98. The van der Waals surface area contributed by atoms with Crippen LogP contribution in [-0.2, 0) is 0 Å². The highest BCUT2D eigenvalue weighted by atomic mass is 15.2. The average molecular weight is 169 g/mol. The van der Waals surface area contributed by atoms with Gasteiger partial charge in [0.25, 0.3) is 0 Å². The quantitative estimate of drug-likeness (QED) is 0.406. The van der Waals surface area contributed by atoms with E-state index in [1.54, 1.807) is 0 Å². The molecule has 7 nitrogen and oxygen atoms in total. The van der Waals surface area contributed by atoms with Crippen LogP contribution < -0.4 is 22.1 Å². The first-order valence-electron chi connectivity index (χ1n) is 3.43. The Morgan fingerprint density at radius 3 is 2.00 bits per heavy atom. The molecule has 1 aromatic rings. The molecule has 0 aromatic carbocycles. The lowest BCUT2D eigenvalue weighted by Crippen LogP contribution is -2.16. The first-order chi connectivity index (χ1) is 5.86. The van der Waals surface area contributed by atoms with Crippen LogP contribution in [0.25, 0.3) is 0 Å². The Balaban J connectivity index is 2.67. The predicted octanol–water partition coefficient (Wildman–Crippen LogP) is -1.47. The second-order valence-corrected chi connectivity index (χ2v) is 1.89. The van der Waals surface area contributed by atoms with Crippen molar-refractivity contribution < 1.29 is 0 Å². The molecule has 0 aliphatic carbocycles. The Morgan fingerprint density at radius 2 is 1.58 bits per heavy atom. The first kappa shape index (κ1) is 8.62. The molecule has 66 valence electrons. The normalized spacial score (nSPS) is 9.50. The van der Waals surface area contributed by atoms with E-state index in [9.17, 15) is 0 Å². The molecule has 12 heavy (non-hydrogen) atoms. The summed E-state index contributed by atoms with van der Waals surface area (Å²) in [6.07, 6.45) is 1.38. The average Bonchev–Trinajstić information content (AvgIpc) is 2.06. The number of nitrogens with zero attached hydrogens (tertiary/aromatic N) is 3. The van der Waals surface area contributed by atoms with Gasteiger partial charge < -0.3 is 22.1 Å². The minimum atomic E-state index is 0.284. The summed E-state index contributed by atoms with van der Waals surface area (Å²) in [5, 5.41) is 5.48. The number of hydrogen-bond donors (Lipinski definition) is 4. The van der Waals surface area contributed by atoms with Crippen molar-refractivity contribution in [1.29, 1.82) is 0 Å². The Bertz CT molecular complexity index is 216. The number of rotatable bonds is 4. The van der Waals surface area contributed by atoms with Gasteiger partial charge >= 0.3 is 0 Å². The van der Waals surface area contributed by atoms with E-state index in [4.69, 9.17) is 11.5 Å². The summed E-state index contributed by atoms with van der Waals surface area (Å²) in [6.45, 7) is 0.568. The molecule has 0 aliphatic rings. The topological polar surface area (TPSA) is 115 Å². The van der Waals surface area contributed by atoms with E-state index in [1.165, 1.54) is 6.33 Å². The smallest absolute Gasteiger partial charge is 0.228 e. The monoisotopic (exact) mass is 169 g/mol. The van der Waals surface area contributed by atoms with Crippen molar-refractivity contribution in [2.75, 3.05) is 24.0 Å². The van der Waals surface area contributed by atoms with Gasteiger partial charge in [-0.1, -0.05) is 0 Å². The molecule has 0 radical (unpaired) electrons. The van der Waals surface area contributed by atoms with Gasteiger partial charge in [0.1, 0.15) is 6.33 Å². The molecule has 0 saturated heterocycles. The van der Waals surface area contributed by atoms with Crippen molar-refractivity contribution in [1.82, 2.24) is 15.0 Å². The van der Waals surface area contributed by atoms with Crippen molar-refractivity contribution >= 4 is 11.9 Å². The third-order valence-corrected chi connectivity index (χ3v) is 1.09. The van der Waals surface area contributed by atoms with Crippen LogP contribution in [-0.4, -0.2) is 28.3 Å². The van der Waals surface area contributed by atoms with E-state index < -0.39 is 0 Å². The molecule has 0 saturated carbocycles.